The van der Waals surface area contributed by atoms with Crippen molar-refractivity contribution in [3.63, 3.8) is 0 Å². The van der Waals surface area contributed by atoms with E-state index in [1.165, 1.54) is 0 Å². The third-order valence-corrected chi connectivity index (χ3v) is 4.82. The van der Waals surface area contributed by atoms with E-state index in [4.69, 9.17) is 9.53 Å². The topological polar surface area (TPSA) is 84.5 Å². The summed E-state index contributed by atoms with van der Waals surface area (Å²) in [5.41, 5.74) is 4.17. The number of hydrogen-bond acceptors (Lipinski definition) is 4. The van der Waals surface area contributed by atoms with Crippen LogP contribution in [0.15, 0.2) is 29.5 Å². The summed E-state index contributed by atoms with van der Waals surface area (Å²) in [6.45, 7) is 9.69. The Morgan fingerprint density at radius 3 is 2.08 bits per heavy atom. The van der Waals surface area contributed by atoms with Gasteiger partial charge in [-0.3, -0.25) is 4.79 Å². The number of carbonyl (C=O) groups is 3. The number of rotatable bonds is 5. The average Bonchev–Trinajstić information content (AvgIpc) is 2.90. The molecule has 1 heterocycles. The zero-order chi connectivity index (χ0) is 28.2. The van der Waals surface area contributed by atoms with Gasteiger partial charge >= 0.3 is 6.03 Å². The lowest BCUT2D eigenvalue weighted by molar-refractivity contribution is -0.132. The summed E-state index contributed by atoms with van der Waals surface area (Å²) < 4.78 is 5.08. The number of nitrogens with one attached hydrogen (secondary N) is 2. The number of benzene rings is 1. The summed E-state index contributed by atoms with van der Waals surface area (Å²) in [7, 11) is 0. The lowest BCUT2D eigenvalue weighted by Gasteiger charge is -2.32. The van der Waals surface area contributed by atoms with Crippen LogP contribution in [-0.4, -0.2) is 25.4 Å². The molecule has 0 aromatic heterocycles. The van der Waals surface area contributed by atoms with Crippen molar-refractivity contribution in [3.05, 3.63) is 46.2 Å². The predicted molar refractivity (Wildman–Crippen MR) is 171 cm³/mol. The van der Waals surface area contributed by atoms with Crippen molar-refractivity contribution in [1.29, 1.82) is 0 Å². The maximum absolute atomic E-state index is 12.3. The summed E-state index contributed by atoms with van der Waals surface area (Å²) in [4.78, 5) is 31.0. The smallest absolute Gasteiger partial charge is 0.319 e. The Balaban J connectivity index is -0.000000101. The van der Waals surface area contributed by atoms with Crippen LogP contribution < -0.4 is 10.6 Å². The molecular formula is C32H48N2O4. The van der Waals surface area contributed by atoms with Gasteiger partial charge in [0.2, 0.25) is 0 Å². The van der Waals surface area contributed by atoms with E-state index in [9.17, 15) is 9.59 Å². The number of hydrogen-bond donors (Lipinski definition) is 2. The van der Waals surface area contributed by atoms with E-state index in [1.54, 1.807) is 13.8 Å². The number of urea groups is 1. The normalized spacial score (nSPS) is 12.7. The van der Waals surface area contributed by atoms with Crippen LogP contribution in [0.1, 0.15) is 67.0 Å². The molecule has 0 aliphatic carbocycles. The average molecular weight is 525 g/mol. The molecule has 1 aliphatic rings. The Labute approximate surface area is 242 Å². The Morgan fingerprint density at radius 1 is 0.974 bits per heavy atom. The molecule has 6 nitrogen and oxygen atoms in total. The lowest BCUT2D eigenvalue weighted by atomic mass is 9.86. The molecular weight excluding hydrogens is 476 g/mol. The number of carbonyl (C=O) groups excluding carboxylic acids is 3. The molecule has 1 aromatic carbocycles. The Kier molecular flexibility index (Phi) is 14.1. The lowest BCUT2D eigenvalue weighted by Crippen LogP contribution is -2.44. The fourth-order valence-corrected chi connectivity index (χ4v) is 3.34. The first-order valence-corrected chi connectivity index (χ1v) is 11.1. The van der Waals surface area contributed by atoms with Crippen LogP contribution in [0.25, 0.3) is 0 Å². The second-order valence-corrected chi connectivity index (χ2v) is 7.34. The highest BCUT2D eigenvalue weighted by Crippen LogP contribution is 2.33. The zero-order valence-corrected chi connectivity index (χ0v) is 21.5. The van der Waals surface area contributed by atoms with Crippen molar-refractivity contribution in [2.24, 2.45) is 0 Å². The molecule has 0 saturated heterocycles. The van der Waals surface area contributed by atoms with E-state index >= 15 is 0 Å². The van der Waals surface area contributed by atoms with Crippen molar-refractivity contribution in [2.45, 2.75) is 46.3 Å². The van der Waals surface area contributed by atoms with E-state index < -0.39 is 6.04 Å². The largest absolute Gasteiger partial charge is 0.465 e. The Bertz CT molecular complexity index is 1570. The van der Waals surface area contributed by atoms with Crippen LogP contribution in [0.3, 0.4) is 0 Å². The quantitative estimate of drug-likeness (QED) is 0.380. The van der Waals surface area contributed by atoms with Crippen LogP contribution in [-0.2, 0) is 14.3 Å². The van der Waals surface area contributed by atoms with Gasteiger partial charge in [-0.05, 0) is 122 Å². The third kappa shape index (κ3) is 10.3. The summed E-state index contributed by atoms with van der Waals surface area (Å²) >= 11 is 0. The maximum atomic E-state index is 12.3. The van der Waals surface area contributed by atoms with Crippen LogP contribution in [0.5, 0.6) is 0 Å². The molecule has 0 saturated carbocycles. The maximum Gasteiger partial charge on any atom is 0.319 e. The van der Waals surface area contributed by atoms with Crippen molar-refractivity contribution in [2.75, 3.05) is 0 Å². The highest BCUT2D eigenvalue weighted by atomic mass is 16.5. The number of allylic oxidation sites excluding steroid dienone is 1. The van der Waals surface area contributed by atoms with Gasteiger partial charge in [0, 0.05) is 34.8 Å². The number of ether oxygens (including phenoxy) is 1. The van der Waals surface area contributed by atoms with Crippen LogP contribution in [0, 0.1) is 89.8 Å². The van der Waals surface area contributed by atoms with Gasteiger partial charge in [0.1, 0.15) is 12.9 Å². The number of amides is 2. The molecule has 2 unspecified atom stereocenters. The van der Waals surface area contributed by atoms with Crippen molar-refractivity contribution in [3.8, 4) is 82.9 Å². The van der Waals surface area contributed by atoms with E-state index in [-0.39, 0.29) is 29.3 Å². The molecule has 6 heteroatoms. The van der Waals surface area contributed by atoms with Gasteiger partial charge in [0.05, 0.1) is 6.04 Å². The summed E-state index contributed by atoms with van der Waals surface area (Å²) in [5.74, 6) is 36.9. The highest BCUT2D eigenvalue weighted by molar-refractivity contribution is 5.79. The summed E-state index contributed by atoms with van der Waals surface area (Å²) in [6, 6.07) is 4.98. The van der Waals surface area contributed by atoms with Gasteiger partial charge in [0.15, 0.2) is 0 Å². The van der Waals surface area contributed by atoms with Gasteiger partial charge in [-0.15, -0.1) is 0 Å². The molecule has 0 bridgehead atoms. The van der Waals surface area contributed by atoms with Crippen LogP contribution >= 0.6 is 0 Å². The fraction of sp³-hybridized carbons (Fsp3) is 0.219. The van der Waals surface area contributed by atoms with E-state index in [0.717, 1.165) is 28.0 Å². The Hall–Kier alpha value is -5.71. The van der Waals surface area contributed by atoms with Crippen LogP contribution in [0.2, 0.25) is 0 Å². The number of aryl methyl sites for hydroxylation is 1. The van der Waals surface area contributed by atoms with Crippen LogP contribution in [0.4, 0.5) is 4.79 Å². The van der Waals surface area contributed by atoms with E-state index in [1.807, 2.05) is 38.8 Å². The first kappa shape index (κ1) is 30.3. The molecule has 2 atom stereocenters. The second-order valence-electron chi connectivity index (χ2n) is 7.34. The SMILES string of the molecule is C=O.CC#CC#CC#CC#CC#CC#CC#Cc1cccc(C)c1C1NC(=O)NC(C)=C1CC(C)OC=O.[HH].[HH].[HH].[HH].[HH].[HH].[HH].[HH].[HH].[HH].[HH].[HH]. The summed E-state index contributed by atoms with van der Waals surface area (Å²) in [5, 5.41) is 5.76. The van der Waals surface area contributed by atoms with Gasteiger partial charge in [-0.1, -0.05) is 24.0 Å². The first-order valence-electron chi connectivity index (χ1n) is 11.1. The second kappa shape index (κ2) is 17.7. The highest BCUT2D eigenvalue weighted by Gasteiger charge is 2.30. The molecule has 2 rings (SSSR count). The van der Waals surface area contributed by atoms with Crippen molar-refractivity contribution < 1.29 is 36.2 Å². The minimum atomic E-state index is -0.426. The van der Waals surface area contributed by atoms with Crippen molar-refractivity contribution in [1.82, 2.24) is 10.6 Å². The molecule has 0 spiro atoms. The minimum Gasteiger partial charge on any atom is -0.465 e. The zero-order valence-electron chi connectivity index (χ0n) is 21.5. The molecule has 0 radical (unpaired) electrons. The fourth-order valence-electron chi connectivity index (χ4n) is 3.34. The van der Waals surface area contributed by atoms with Gasteiger partial charge in [-0.25, -0.2) is 4.79 Å². The molecule has 2 N–H and O–H groups in total. The molecule has 1 aliphatic heterocycles. The monoisotopic (exact) mass is 524 g/mol. The molecule has 38 heavy (non-hydrogen) atoms. The van der Waals surface area contributed by atoms with Gasteiger partial charge in [0.25, 0.3) is 6.47 Å². The Morgan fingerprint density at radius 2 is 1.53 bits per heavy atom. The first-order chi connectivity index (χ1) is 18.5. The molecule has 210 valence electrons. The summed E-state index contributed by atoms with van der Waals surface area (Å²) in [6.07, 6.45) is 0.0938. The third-order valence-electron chi connectivity index (χ3n) is 4.82. The standard InChI is InChI=1S/C31H22N2O3.CH2O.12H2/c1-5-6-7-8-9-10-11-12-13-14-15-16-17-20-27-21-18-19-24(2)29(27)30-28(22-25(3)36-23-34)26(4)32-31(35)33-30;1-2;;;;;;;;;;;;/h18-19,21,23,25,30H,22H2,1-4H3,(H2,32,33,35);1H2;12*1H. The molecule has 0 fully saturated rings. The predicted octanol–water partition coefficient (Wildman–Crippen LogP) is 5.73. The van der Waals surface area contributed by atoms with Gasteiger partial charge in [-0.2, -0.15) is 0 Å². The van der Waals surface area contributed by atoms with E-state index in [2.05, 4.69) is 93.5 Å². The minimum absolute atomic E-state index is 0. The van der Waals surface area contributed by atoms with Gasteiger partial charge < -0.3 is 20.2 Å². The molecule has 2 amide bonds. The van der Waals surface area contributed by atoms with E-state index in [0.29, 0.717) is 12.9 Å². The van der Waals surface area contributed by atoms with Crippen molar-refractivity contribution >= 4 is 19.3 Å². The molecule has 1 aromatic rings.